The highest BCUT2D eigenvalue weighted by Gasteiger charge is 2.21. The average molecular weight is 292 g/mol. The molecule has 6 heteroatoms. The lowest BCUT2D eigenvalue weighted by atomic mass is 10.2. The van der Waals surface area contributed by atoms with E-state index in [1.165, 1.54) is 0 Å². The van der Waals surface area contributed by atoms with Gasteiger partial charge in [-0.2, -0.15) is 0 Å². The molecular weight excluding hydrogens is 276 g/mol. The van der Waals surface area contributed by atoms with Gasteiger partial charge in [0.1, 0.15) is 11.0 Å². The van der Waals surface area contributed by atoms with Gasteiger partial charge in [-0.3, -0.25) is 9.00 Å². The van der Waals surface area contributed by atoms with E-state index in [1.807, 2.05) is 30.3 Å². The Hall–Kier alpha value is -1.95. The summed E-state index contributed by atoms with van der Waals surface area (Å²) >= 11 is 0. The fraction of sp³-hybridized carbons (Fsp3) is 0.286. The molecule has 0 aliphatic carbocycles. The summed E-state index contributed by atoms with van der Waals surface area (Å²) in [5.41, 5.74) is 0.947. The maximum atomic E-state index is 12.2. The van der Waals surface area contributed by atoms with Crippen molar-refractivity contribution in [2.75, 3.05) is 5.32 Å². The molecule has 0 spiro atoms. The molecule has 0 radical (unpaired) electrons. The van der Waals surface area contributed by atoms with Crippen LogP contribution in [0.5, 0.6) is 0 Å². The summed E-state index contributed by atoms with van der Waals surface area (Å²) in [6.07, 6.45) is 0. The zero-order chi connectivity index (χ0) is 14.5. The molecular formula is C14H16N2O3S. The number of nitrogens with zero attached hydrogens (tertiary/aromatic N) is 1. The third-order valence-electron chi connectivity index (χ3n) is 2.79. The molecule has 5 nitrogen and oxygen atoms in total. The normalized spacial score (nSPS) is 13.7. The van der Waals surface area contributed by atoms with Gasteiger partial charge in [-0.1, -0.05) is 35.5 Å². The molecule has 0 fully saturated rings. The maximum Gasteiger partial charge on any atom is 0.241 e. The number of aromatic nitrogens is 1. The number of carbonyl (C=O) groups excluding carboxylic acids is 1. The SMILES string of the molecule is Cc1cc(NC(=O)C(C)S(=O)Cc2ccccc2)no1. The van der Waals surface area contributed by atoms with Gasteiger partial charge in [-0.25, -0.2) is 0 Å². The van der Waals surface area contributed by atoms with E-state index in [4.69, 9.17) is 4.52 Å². The van der Waals surface area contributed by atoms with Gasteiger partial charge in [0.2, 0.25) is 5.91 Å². The summed E-state index contributed by atoms with van der Waals surface area (Å²) in [5, 5.41) is 5.65. The van der Waals surface area contributed by atoms with Crippen molar-refractivity contribution in [3.63, 3.8) is 0 Å². The molecule has 0 saturated heterocycles. The third-order valence-corrected chi connectivity index (χ3v) is 4.42. The van der Waals surface area contributed by atoms with Crippen LogP contribution < -0.4 is 5.32 Å². The molecule has 2 aromatic rings. The molecule has 0 aliphatic rings. The number of nitrogens with one attached hydrogen (secondary N) is 1. The van der Waals surface area contributed by atoms with E-state index in [2.05, 4.69) is 10.5 Å². The largest absolute Gasteiger partial charge is 0.360 e. The Bertz CT molecular complexity index is 610. The monoisotopic (exact) mass is 292 g/mol. The van der Waals surface area contributed by atoms with Crippen molar-refractivity contribution in [1.82, 2.24) is 5.16 Å². The van der Waals surface area contributed by atoms with Crippen LogP contribution in [0.3, 0.4) is 0 Å². The average Bonchev–Trinajstić information content (AvgIpc) is 2.84. The van der Waals surface area contributed by atoms with Crippen molar-refractivity contribution in [3.8, 4) is 0 Å². The van der Waals surface area contributed by atoms with E-state index in [0.717, 1.165) is 5.56 Å². The summed E-state index contributed by atoms with van der Waals surface area (Å²) in [6, 6.07) is 11.1. The highest BCUT2D eigenvalue weighted by atomic mass is 32.2. The quantitative estimate of drug-likeness (QED) is 0.917. The number of rotatable bonds is 5. The minimum atomic E-state index is -1.28. The van der Waals surface area contributed by atoms with Crippen molar-refractivity contribution in [2.24, 2.45) is 0 Å². The van der Waals surface area contributed by atoms with Crippen LogP contribution in [0.15, 0.2) is 40.9 Å². The van der Waals surface area contributed by atoms with Gasteiger partial charge < -0.3 is 9.84 Å². The lowest BCUT2D eigenvalue weighted by Crippen LogP contribution is -2.29. The van der Waals surface area contributed by atoms with Crippen molar-refractivity contribution < 1.29 is 13.5 Å². The fourth-order valence-corrected chi connectivity index (χ4v) is 2.70. The number of carbonyl (C=O) groups is 1. The first-order chi connectivity index (χ1) is 9.56. The van der Waals surface area contributed by atoms with E-state index >= 15 is 0 Å². The molecule has 106 valence electrons. The van der Waals surface area contributed by atoms with Crippen LogP contribution in [-0.4, -0.2) is 20.5 Å². The van der Waals surface area contributed by atoms with E-state index in [0.29, 0.717) is 17.3 Å². The van der Waals surface area contributed by atoms with Gasteiger partial charge in [0.05, 0.1) is 0 Å². The number of hydrogen-bond acceptors (Lipinski definition) is 4. The van der Waals surface area contributed by atoms with E-state index < -0.39 is 16.0 Å². The second-order valence-electron chi connectivity index (χ2n) is 4.46. The van der Waals surface area contributed by atoms with E-state index in [1.54, 1.807) is 19.9 Å². The van der Waals surface area contributed by atoms with Crippen LogP contribution in [0.2, 0.25) is 0 Å². The van der Waals surface area contributed by atoms with Crippen molar-refractivity contribution in [2.45, 2.75) is 24.9 Å². The molecule has 0 saturated carbocycles. The first-order valence-corrected chi connectivity index (χ1v) is 7.60. The molecule has 1 heterocycles. The lowest BCUT2D eigenvalue weighted by molar-refractivity contribution is -0.115. The summed E-state index contributed by atoms with van der Waals surface area (Å²) in [4.78, 5) is 12.0. The Morgan fingerprint density at radius 1 is 1.40 bits per heavy atom. The fourth-order valence-electron chi connectivity index (χ4n) is 1.64. The first-order valence-electron chi connectivity index (χ1n) is 6.21. The van der Waals surface area contributed by atoms with Crippen LogP contribution in [0.25, 0.3) is 0 Å². The van der Waals surface area contributed by atoms with Crippen LogP contribution >= 0.6 is 0 Å². The Kier molecular flexibility index (Phi) is 4.68. The van der Waals surface area contributed by atoms with Gasteiger partial charge in [-0.05, 0) is 19.4 Å². The van der Waals surface area contributed by atoms with Gasteiger partial charge in [0.25, 0.3) is 0 Å². The number of anilines is 1. The standard InChI is InChI=1S/C14H16N2O3S/c1-10-8-13(16-19-10)15-14(17)11(2)20(18)9-12-6-4-3-5-7-12/h3-8,11H,9H2,1-2H3,(H,15,16,17). The predicted octanol–water partition coefficient (Wildman–Crippen LogP) is 2.26. The Morgan fingerprint density at radius 2 is 2.10 bits per heavy atom. The minimum Gasteiger partial charge on any atom is -0.360 e. The molecule has 2 atom stereocenters. The van der Waals surface area contributed by atoms with Crippen LogP contribution in [0.1, 0.15) is 18.2 Å². The molecule has 0 aliphatic heterocycles. The van der Waals surface area contributed by atoms with Crippen molar-refractivity contribution in [3.05, 3.63) is 47.7 Å². The van der Waals surface area contributed by atoms with Crippen molar-refractivity contribution >= 4 is 22.5 Å². The highest BCUT2D eigenvalue weighted by Crippen LogP contribution is 2.11. The summed E-state index contributed by atoms with van der Waals surface area (Å²) in [7, 11) is -1.28. The highest BCUT2D eigenvalue weighted by molar-refractivity contribution is 7.85. The molecule has 0 bridgehead atoms. The lowest BCUT2D eigenvalue weighted by Gasteiger charge is -2.10. The first kappa shape index (κ1) is 14.5. The smallest absolute Gasteiger partial charge is 0.241 e. The Labute approximate surface area is 119 Å². The van der Waals surface area contributed by atoms with Gasteiger partial charge in [-0.15, -0.1) is 0 Å². The molecule has 2 unspecified atom stereocenters. The van der Waals surface area contributed by atoms with Gasteiger partial charge in [0.15, 0.2) is 5.82 Å². The molecule has 1 N–H and O–H groups in total. The Balaban J connectivity index is 1.94. The molecule has 2 rings (SSSR count). The minimum absolute atomic E-state index is 0.326. The van der Waals surface area contributed by atoms with E-state index in [-0.39, 0.29) is 5.91 Å². The summed E-state index contributed by atoms with van der Waals surface area (Å²) in [6.45, 7) is 3.38. The van der Waals surface area contributed by atoms with Crippen molar-refractivity contribution in [1.29, 1.82) is 0 Å². The zero-order valence-electron chi connectivity index (χ0n) is 11.3. The topological polar surface area (TPSA) is 72.2 Å². The Morgan fingerprint density at radius 3 is 2.70 bits per heavy atom. The number of aryl methyl sites for hydroxylation is 1. The second-order valence-corrected chi connectivity index (χ2v) is 6.22. The number of benzene rings is 1. The molecule has 20 heavy (non-hydrogen) atoms. The van der Waals surface area contributed by atoms with Gasteiger partial charge >= 0.3 is 0 Å². The summed E-state index contributed by atoms with van der Waals surface area (Å²) in [5.74, 6) is 0.981. The molecule has 1 aromatic carbocycles. The molecule has 1 aromatic heterocycles. The second kappa shape index (κ2) is 6.47. The number of hydrogen-bond donors (Lipinski definition) is 1. The van der Waals surface area contributed by atoms with E-state index in [9.17, 15) is 9.00 Å². The van der Waals surface area contributed by atoms with Crippen LogP contribution in [-0.2, 0) is 21.3 Å². The zero-order valence-corrected chi connectivity index (χ0v) is 12.1. The summed E-state index contributed by atoms with van der Waals surface area (Å²) < 4.78 is 17.0. The third kappa shape index (κ3) is 3.77. The number of amides is 1. The van der Waals surface area contributed by atoms with Crippen LogP contribution in [0.4, 0.5) is 5.82 Å². The predicted molar refractivity (Wildman–Crippen MR) is 77.6 cm³/mol. The maximum absolute atomic E-state index is 12.2. The van der Waals surface area contributed by atoms with Crippen LogP contribution in [0, 0.1) is 6.92 Å². The molecule has 1 amide bonds. The van der Waals surface area contributed by atoms with Gasteiger partial charge in [0, 0.05) is 22.6 Å².